The van der Waals surface area contributed by atoms with Crippen LogP contribution in [0.4, 0.5) is 0 Å². The number of guanidine groups is 1. The van der Waals surface area contributed by atoms with Gasteiger partial charge in [0.25, 0.3) is 0 Å². The second-order valence-electron chi connectivity index (χ2n) is 5.66. The van der Waals surface area contributed by atoms with Gasteiger partial charge < -0.3 is 15.4 Å². The molecule has 0 amide bonds. The molecule has 1 rings (SSSR count). The first-order valence-electron chi connectivity index (χ1n) is 7.70. The van der Waals surface area contributed by atoms with Crippen LogP contribution in [-0.4, -0.2) is 39.8 Å². The van der Waals surface area contributed by atoms with Crippen molar-refractivity contribution >= 4 is 5.96 Å². The molecule has 0 heterocycles. The largest absolute Gasteiger partial charge is 0.385 e. The summed E-state index contributed by atoms with van der Waals surface area (Å²) in [5.74, 6) is 0.944. The number of hydrogen-bond acceptors (Lipinski definition) is 2. The van der Waals surface area contributed by atoms with Crippen molar-refractivity contribution in [1.29, 1.82) is 0 Å². The van der Waals surface area contributed by atoms with Gasteiger partial charge in [-0.25, -0.2) is 0 Å². The molecule has 1 saturated carbocycles. The number of nitrogens with one attached hydrogen (secondary N) is 2. The fourth-order valence-corrected chi connectivity index (χ4v) is 2.58. The van der Waals surface area contributed by atoms with Crippen molar-refractivity contribution < 1.29 is 4.74 Å². The second kappa shape index (κ2) is 9.18. The van der Waals surface area contributed by atoms with Crippen LogP contribution in [0.25, 0.3) is 0 Å². The van der Waals surface area contributed by atoms with E-state index in [1.54, 1.807) is 7.11 Å². The van der Waals surface area contributed by atoms with E-state index < -0.39 is 0 Å². The predicted molar refractivity (Wildman–Crippen MR) is 81.7 cm³/mol. The van der Waals surface area contributed by atoms with Gasteiger partial charge in [-0.2, -0.15) is 0 Å². The fourth-order valence-electron chi connectivity index (χ4n) is 2.58. The van der Waals surface area contributed by atoms with Crippen molar-refractivity contribution in [2.75, 3.05) is 33.9 Å². The molecule has 0 aromatic carbocycles. The summed E-state index contributed by atoms with van der Waals surface area (Å²) in [6.07, 6.45) is 8.89. The van der Waals surface area contributed by atoms with Gasteiger partial charge in [-0.15, -0.1) is 0 Å². The van der Waals surface area contributed by atoms with Gasteiger partial charge in [0.05, 0.1) is 0 Å². The van der Waals surface area contributed by atoms with Gasteiger partial charge >= 0.3 is 0 Å². The van der Waals surface area contributed by atoms with E-state index in [4.69, 9.17) is 4.74 Å². The maximum atomic E-state index is 5.22. The fraction of sp³-hybridized carbons (Fsp3) is 0.933. The van der Waals surface area contributed by atoms with Gasteiger partial charge in [-0.3, -0.25) is 4.99 Å². The zero-order valence-corrected chi connectivity index (χ0v) is 12.9. The Labute approximate surface area is 118 Å². The zero-order valence-electron chi connectivity index (χ0n) is 12.9. The van der Waals surface area contributed by atoms with E-state index in [0.717, 1.165) is 32.1 Å². The molecule has 4 heteroatoms. The van der Waals surface area contributed by atoms with Crippen LogP contribution in [0.5, 0.6) is 0 Å². The molecule has 112 valence electrons. The predicted octanol–water partition coefficient (Wildman–Crippen LogP) is 2.55. The molecule has 0 unspecified atom stereocenters. The lowest BCUT2D eigenvalue weighted by Crippen LogP contribution is -2.47. The molecule has 2 N–H and O–H groups in total. The molecule has 0 aliphatic heterocycles. The first-order valence-corrected chi connectivity index (χ1v) is 7.70. The molecule has 0 radical (unpaired) electrons. The van der Waals surface area contributed by atoms with Crippen molar-refractivity contribution in [3.8, 4) is 0 Å². The average molecular weight is 269 g/mol. The van der Waals surface area contributed by atoms with E-state index in [-0.39, 0.29) is 0 Å². The molecule has 0 saturated heterocycles. The third-order valence-electron chi connectivity index (χ3n) is 4.18. The minimum atomic E-state index is 0.442. The summed E-state index contributed by atoms with van der Waals surface area (Å²) in [5.41, 5.74) is 0.442. The first kappa shape index (κ1) is 16.3. The Hall–Kier alpha value is -0.770. The third-order valence-corrected chi connectivity index (χ3v) is 4.18. The number of unbranched alkanes of at least 4 members (excludes halogenated alkanes) is 2. The molecule has 1 aliphatic carbocycles. The number of aliphatic imine (C=N–C) groups is 1. The highest BCUT2D eigenvalue weighted by Gasteiger charge is 2.36. The van der Waals surface area contributed by atoms with E-state index in [1.165, 1.54) is 38.5 Å². The summed E-state index contributed by atoms with van der Waals surface area (Å²) in [5, 5.41) is 6.87. The van der Waals surface area contributed by atoms with Gasteiger partial charge in [0.1, 0.15) is 0 Å². The van der Waals surface area contributed by atoms with Gasteiger partial charge in [0, 0.05) is 33.9 Å². The quantitative estimate of drug-likeness (QED) is 0.384. The van der Waals surface area contributed by atoms with E-state index in [1.807, 2.05) is 7.05 Å². The van der Waals surface area contributed by atoms with Crippen LogP contribution < -0.4 is 10.6 Å². The lowest BCUT2D eigenvalue weighted by Gasteiger charge is -2.42. The SMILES string of the molecule is CCCCCNC(=NC)NCC1(CCOC)CCC1. The Morgan fingerprint density at radius 3 is 2.58 bits per heavy atom. The van der Waals surface area contributed by atoms with Crippen LogP contribution in [0, 0.1) is 5.41 Å². The first-order chi connectivity index (χ1) is 9.26. The van der Waals surface area contributed by atoms with Crippen molar-refractivity contribution in [3.63, 3.8) is 0 Å². The van der Waals surface area contributed by atoms with Crippen LogP contribution >= 0.6 is 0 Å². The maximum Gasteiger partial charge on any atom is 0.190 e. The Morgan fingerprint density at radius 2 is 2.05 bits per heavy atom. The summed E-state index contributed by atoms with van der Waals surface area (Å²) >= 11 is 0. The van der Waals surface area contributed by atoms with Crippen molar-refractivity contribution in [2.45, 2.75) is 51.9 Å². The maximum absolute atomic E-state index is 5.22. The highest BCUT2D eigenvalue weighted by molar-refractivity contribution is 5.79. The summed E-state index contributed by atoms with van der Waals surface area (Å²) < 4.78 is 5.22. The van der Waals surface area contributed by atoms with Crippen LogP contribution in [0.1, 0.15) is 51.9 Å². The molecule has 0 aromatic heterocycles. The van der Waals surface area contributed by atoms with Gasteiger partial charge in [0.2, 0.25) is 0 Å². The Balaban J connectivity index is 2.23. The van der Waals surface area contributed by atoms with Gasteiger partial charge in [-0.1, -0.05) is 26.2 Å². The molecule has 1 aliphatic rings. The summed E-state index contributed by atoms with van der Waals surface area (Å²) in [4.78, 5) is 4.29. The minimum Gasteiger partial charge on any atom is -0.385 e. The van der Waals surface area contributed by atoms with Crippen molar-refractivity contribution in [2.24, 2.45) is 10.4 Å². The van der Waals surface area contributed by atoms with E-state index in [0.29, 0.717) is 5.41 Å². The molecule has 0 atom stereocenters. The summed E-state index contributed by atoms with van der Waals surface area (Å²) in [7, 11) is 3.63. The molecular formula is C15H31N3O. The molecule has 4 nitrogen and oxygen atoms in total. The Morgan fingerprint density at radius 1 is 1.26 bits per heavy atom. The number of hydrogen-bond donors (Lipinski definition) is 2. The second-order valence-corrected chi connectivity index (χ2v) is 5.66. The minimum absolute atomic E-state index is 0.442. The Kier molecular flexibility index (Phi) is 7.87. The number of rotatable bonds is 9. The smallest absolute Gasteiger partial charge is 0.190 e. The molecule has 0 spiro atoms. The molecule has 0 aromatic rings. The van der Waals surface area contributed by atoms with Crippen molar-refractivity contribution in [3.05, 3.63) is 0 Å². The zero-order chi connectivity index (χ0) is 14.0. The molecule has 0 bridgehead atoms. The lowest BCUT2D eigenvalue weighted by atomic mass is 9.67. The monoisotopic (exact) mass is 269 g/mol. The van der Waals surface area contributed by atoms with Crippen LogP contribution in [0.15, 0.2) is 4.99 Å². The van der Waals surface area contributed by atoms with Gasteiger partial charge in [0.15, 0.2) is 5.96 Å². The highest BCUT2D eigenvalue weighted by atomic mass is 16.5. The van der Waals surface area contributed by atoms with Crippen LogP contribution in [0.3, 0.4) is 0 Å². The van der Waals surface area contributed by atoms with E-state index in [2.05, 4.69) is 22.5 Å². The van der Waals surface area contributed by atoms with Crippen molar-refractivity contribution in [1.82, 2.24) is 10.6 Å². The average Bonchev–Trinajstić information content (AvgIpc) is 2.39. The standard InChI is InChI=1S/C15H31N3O/c1-4-5-6-11-17-14(16-2)18-13-15(8-7-9-15)10-12-19-3/h4-13H2,1-3H3,(H2,16,17,18). The van der Waals surface area contributed by atoms with Crippen LogP contribution in [0.2, 0.25) is 0 Å². The lowest BCUT2D eigenvalue weighted by molar-refractivity contribution is 0.0732. The molecular weight excluding hydrogens is 238 g/mol. The van der Waals surface area contributed by atoms with E-state index >= 15 is 0 Å². The van der Waals surface area contributed by atoms with E-state index in [9.17, 15) is 0 Å². The number of nitrogens with zero attached hydrogens (tertiary/aromatic N) is 1. The number of methoxy groups -OCH3 is 1. The summed E-state index contributed by atoms with van der Waals surface area (Å²) in [6.45, 7) is 5.12. The molecule has 19 heavy (non-hydrogen) atoms. The third kappa shape index (κ3) is 5.81. The summed E-state index contributed by atoms with van der Waals surface area (Å²) in [6, 6.07) is 0. The number of ether oxygens (including phenoxy) is 1. The molecule has 1 fully saturated rings. The Bertz CT molecular complexity index is 262. The van der Waals surface area contributed by atoms with Crippen LogP contribution in [-0.2, 0) is 4.74 Å². The topological polar surface area (TPSA) is 45.7 Å². The van der Waals surface area contributed by atoms with Gasteiger partial charge in [-0.05, 0) is 31.1 Å². The highest BCUT2D eigenvalue weighted by Crippen LogP contribution is 2.43. The normalized spacial score (nSPS) is 17.9.